The third-order valence-electron chi connectivity index (χ3n) is 4.78. The number of morpholine rings is 2. The van der Waals surface area contributed by atoms with Crippen LogP contribution in [0.1, 0.15) is 17.3 Å². The maximum Gasteiger partial charge on any atom is 0.340 e. The first kappa shape index (κ1) is 23.2. The molecular weight excluding hydrogens is 459 g/mol. The number of carbonyl (C=O) groups excluding carboxylic acids is 2. The van der Waals surface area contributed by atoms with Gasteiger partial charge in [-0.1, -0.05) is 23.2 Å². The molecule has 1 atom stereocenters. The Morgan fingerprint density at radius 2 is 1.57 bits per heavy atom. The zero-order valence-electron chi connectivity index (χ0n) is 16.3. The molecule has 2 aliphatic rings. The van der Waals surface area contributed by atoms with Crippen molar-refractivity contribution in [2.24, 2.45) is 0 Å². The first-order valence-electron chi connectivity index (χ1n) is 9.36. The van der Waals surface area contributed by atoms with Gasteiger partial charge in [-0.2, -0.15) is 4.31 Å². The quantitative estimate of drug-likeness (QED) is 0.587. The second-order valence-corrected chi connectivity index (χ2v) is 9.48. The lowest BCUT2D eigenvalue weighted by Crippen LogP contribution is -2.46. The minimum absolute atomic E-state index is 0.0723. The molecular formula is C18H22Cl2N2O7S. The molecule has 2 aliphatic heterocycles. The normalized spacial score (nSPS) is 19.4. The van der Waals surface area contributed by atoms with Crippen molar-refractivity contribution in [1.82, 2.24) is 9.21 Å². The van der Waals surface area contributed by atoms with Crippen molar-refractivity contribution in [3.05, 3.63) is 27.7 Å². The summed E-state index contributed by atoms with van der Waals surface area (Å²) >= 11 is 12.2. The van der Waals surface area contributed by atoms with Crippen molar-refractivity contribution in [3.8, 4) is 0 Å². The second kappa shape index (κ2) is 9.80. The van der Waals surface area contributed by atoms with Crippen LogP contribution < -0.4 is 0 Å². The van der Waals surface area contributed by atoms with E-state index in [1.807, 2.05) is 0 Å². The first-order valence-corrected chi connectivity index (χ1v) is 11.6. The number of amides is 1. The van der Waals surface area contributed by atoms with E-state index in [4.69, 9.17) is 37.4 Å². The van der Waals surface area contributed by atoms with Crippen molar-refractivity contribution in [2.45, 2.75) is 17.9 Å². The summed E-state index contributed by atoms with van der Waals surface area (Å²) in [4.78, 5) is 26.4. The van der Waals surface area contributed by atoms with Gasteiger partial charge < -0.3 is 19.1 Å². The van der Waals surface area contributed by atoms with Gasteiger partial charge in [0.2, 0.25) is 10.0 Å². The smallest absolute Gasteiger partial charge is 0.340 e. The van der Waals surface area contributed by atoms with Gasteiger partial charge >= 0.3 is 5.97 Å². The maximum absolute atomic E-state index is 12.9. The Morgan fingerprint density at radius 1 is 1.00 bits per heavy atom. The number of halogens is 2. The highest BCUT2D eigenvalue weighted by atomic mass is 35.5. The highest BCUT2D eigenvalue weighted by Gasteiger charge is 2.31. The van der Waals surface area contributed by atoms with E-state index < -0.39 is 22.1 Å². The van der Waals surface area contributed by atoms with E-state index in [1.165, 1.54) is 17.3 Å². The van der Waals surface area contributed by atoms with Gasteiger partial charge in [-0.25, -0.2) is 13.2 Å². The summed E-state index contributed by atoms with van der Waals surface area (Å²) in [5.41, 5.74) is -0.186. The molecule has 1 amide bonds. The molecule has 0 spiro atoms. The number of benzene rings is 1. The molecule has 0 N–H and O–H groups in total. The molecule has 9 nitrogen and oxygen atoms in total. The summed E-state index contributed by atoms with van der Waals surface area (Å²) in [6.07, 6.45) is -1.07. The van der Waals surface area contributed by atoms with Gasteiger partial charge in [0.05, 0.1) is 42.0 Å². The van der Waals surface area contributed by atoms with E-state index >= 15 is 0 Å². The van der Waals surface area contributed by atoms with E-state index in [9.17, 15) is 18.0 Å². The fraction of sp³-hybridized carbons (Fsp3) is 0.556. The van der Waals surface area contributed by atoms with Crippen molar-refractivity contribution in [1.29, 1.82) is 0 Å². The number of ether oxygens (including phenoxy) is 3. The number of rotatable bonds is 5. The summed E-state index contributed by atoms with van der Waals surface area (Å²) in [5, 5.41) is -0.183. The molecule has 0 saturated carbocycles. The number of esters is 1. The molecule has 1 aromatic carbocycles. The topological polar surface area (TPSA) is 102 Å². The van der Waals surface area contributed by atoms with Gasteiger partial charge in [0.1, 0.15) is 4.90 Å². The predicted octanol–water partition coefficient (Wildman–Crippen LogP) is 1.42. The van der Waals surface area contributed by atoms with Crippen LogP contribution in [0.2, 0.25) is 10.0 Å². The van der Waals surface area contributed by atoms with Crippen molar-refractivity contribution >= 4 is 45.1 Å². The van der Waals surface area contributed by atoms with Crippen molar-refractivity contribution in [2.75, 3.05) is 52.6 Å². The SMILES string of the molecule is C[C@@H](OC(=O)c1cc(S(=O)(=O)N2CCOCC2)c(Cl)cc1Cl)C(=O)N1CCOCC1. The highest BCUT2D eigenvalue weighted by Crippen LogP contribution is 2.31. The number of carbonyl (C=O) groups is 2. The Morgan fingerprint density at radius 3 is 2.17 bits per heavy atom. The molecule has 0 bridgehead atoms. The molecule has 0 radical (unpaired) electrons. The number of hydrogen-bond donors (Lipinski definition) is 0. The van der Waals surface area contributed by atoms with Crippen LogP contribution in [0.15, 0.2) is 17.0 Å². The molecule has 1 aromatic rings. The van der Waals surface area contributed by atoms with E-state index in [0.29, 0.717) is 26.3 Å². The minimum atomic E-state index is -3.96. The van der Waals surface area contributed by atoms with Gasteiger partial charge in [-0.3, -0.25) is 4.79 Å². The summed E-state index contributed by atoms with van der Waals surface area (Å²) in [6.45, 7) is 3.97. The molecule has 2 saturated heterocycles. The predicted molar refractivity (Wildman–Crippen MR) is 108 cm³/mol. The Bertz CT molecular complexity index is 913. The molecule has 3 rings (SSSR count). The van der Waals surface area contributed by atoms with E-state index in [1.54, 1.807) is 4.90 Å². The Kier molecular flexibility index (Phi) is 7.59. The second-order valence-electron chi connectivity index (χ2n) is 6.76. The number of sulfonamides is 1. The lowest BCUT2D eigenvalue weighted by Gasteiger charge is -2.29. The molecule has 30 heavy (non-hydrogen) atoms. The molecule has 0 aromatic heterocycles. The monoisotopic (exact) mass is 480 g/mol. The lowest BCUT2D eigenvalue weighted by atomic mass is 10.2. The third kappa shape index (κ3) is 5.06. The van der Waals surface area contributed by atoms with Gasteiger partial charge in [0, 0.05) is 26.2 Å². The molecule has 2 fully saturated rings. The van der Waals surface area contributed by atoms with E-state index in [0.717, 1.165) is 6.07 Å². The van der Waals surface area contributed by atoms with E-state index in [-0.39, 0.29) is 52.7 Å². The fourth-order valence-corrected chi connectivity index (χ4v) is 5.36. The third-order valence-corrected chi connectivity index (χ3v) is 7.46. The average Bonchev–Trinajstić information content (AvgIpc) is 2.74. The molecule has 2 heterocycles. The molecule has 166 valence electrons. The van der Waals surface area contributed by atoms with Crippen LogP contribution in [0.5, 0.6) is 0 Å². The van der Waals surface area contributed by atoms with Gasteiger partial charge in [-0.15, -0.1) is 0 Å². The summed E-state index contributed by atoms with van der Waals surface area (Å²) in [5.74, 6) is -1.28. The standard InChI is InChI=1S/C18H22Cl2N2O7S/c1-12(17(23)21-2-6-27-7-3-21)29-18(24)13-10-16(15(20)11-14(13)19)30(25,26)22-4-8-28-9-5-22/h10-12H,2-9H2,1H3/t12-/m1/s1. The summed E-state index contributed by atoms with van der Waals surface area (Å²) in [6, 6.07) is 2.27. The summed E-state index contributed by atoms with van der Waals surface area (Å²) in [7, 11) is -3.96. The first-order chi connectivity index (χ1) is 14.2. The van der Waals surface area contributed by atoms with E-state index in [2.05, 4.69) is 0 Å². The zero-order valence-corrected chi connectivity index (χ0v) is 18.6. The van der Waals surface area contributed by atoms with Crippen LogP contribution in [0.4, 0.5) is 0 Å². The molecule has 0 unspecified atom stereocenters. The van der Waals surface area contributed by atoms with Crippen LogP contribution in [0.3, 0.4) is 0 Å². The highest BCUT2D eigenvalue weighted by molar-refractivity contribution is 7.89. The largest absolute Gasteiger partial charge is 0.449 e. The molecule has 0 aliphatic carbocycles. The van der Waals surface area contributed by atoms with Gasteiger partial charge in [0.25, 0.3) is 5.91 Å². The minimum Gasteiger partial charge on any atom is -0.449 e. The molecule has 12 heteroatoms. The van der Waals surface area contributed by atoms with Gasteiger partial charge in [0.15, 0.2) is 6.10 Å². The average molecular weight is 481 g/mol. The van der Waals surface area contributed by atoms with Crippen LogP contribution in [-0.4, -0.2) is 88.2 Å². The van der Waals surface area contributed by atoms with Gasteiger partial charge in [-0.05, 0) is 19.1 Å². The fourth-order valence-electron chi connectivity index (χ4n) is 3.12. The maximum atomic E-state index is 12.9. The number of nitrogens with zero attached hydrogens (tertiary/aromatic N) is 2. The van der Waals surface area contributed by atoms with Crippen LogP contribution in [0.25, 0.3) is 0 Å². The van der Waals surface area contributed by atoms with Crippen LogP contribution in [-0.2, 0) is 29.0 Å². The Hall–Kier alpha value is -1.43. The Labute approximate surface area is 184 Å². The van der Waals surface area contributed by atoms with Crippen molar-refractivity contribution in [3.63, 3.8) is 0 Å². The van der Waals surface area contributed by atoms with Crippen molar-refractivity contribution < 1.29 is 32.2 Å². The summed E-state index contributed by atoms with van der Waals surface area (Å²) < 4.78 is 42.8. The number of hydrogen-bond acceptors (Lipinski definition) is 7. The Balaban J connectivity index is 1.80. The van der Waals surface area contributed by atoms with Crippen LogP contribution >= 0.6 is 23.2 Å². The lowest BCUT2D eigenvalue weighted by molar-refractivity contribution is -0.143. The van der Waals surface area contributed by atoms with Crippen LogP contribution in [0, 0.1) is 0 Å². The zero-order chi connectivity index (χ0) is 21.9.